The van der Waals surface area contributed by atoms with Gasteiger partial charge >= 0.3 is 0 Å². The molecule has 2 aromatic rings. The highest BCUT2D eigenvalue weighted by molar-refractivity contribution is 5.40. The molecule has 6 heteroatoms. The molecular formula is C15H22N6. The fraction of sp³-hybridized carbons (Fsp3) is 0.400. The van der Waals surface area contributed by atoms with Gasteiger partial charge in [-0.2, -0.15) is 4.98 Å². The first-order valence-electron chi connectivity index (χ1n) is 7.08. The van der Waals surface area contributed by atoms with Crippen molar-refractivity contribution in [2.24, 2.45) is 0 Å². The number of nitrogens with zero attached hydrogens (tertiary/aromatic N) is 4. The Balaban J connectivity index is 1.80. The van der Waals surface area contributed by atoms with E-state index < -0.39 is 0 Å². The van der Waals surface area contributed by atoms with E-state index in [4.69, 9.17) is 0 Å². The smallest absolute Gasteiger partial charge is 0.224 e. The van der Waals surface area contributed by atoms with E-state index in [1.54, 1.807) is 18.6 Å². The lowest BCUT2D eigenvalue weighted by molar-refractivity contribution is 0.405. The Kier molecular flexibility index (Phi) is 5.90. The van der Waals surface area contributed by atoms with E-state index in [1.165, 1.54) is 5.56 Å². The number of hydrogen-bond acceptors (Lipinski definition) is 6. The zero-order valence-corrected chi connectivity index (χ0v) is 12.6. The molecule has 2 aromatic heterocycles. The average Bonchev–Trinajstić information content (AvgIpc) is 2.51. The topological polar surface area (TPSA) is 66.0 Å². The van der Waals surface area contributed by atoms with Crippen LogP contribution in [0.4, 0.5) is 11.8 Å². The van der Waals surface area contributed by atoms with E-state index in [0.29, 0.717) is 5.95 Å². The Morgan fingerprint density at radius 3 is 2.62 bits per heavy atom. The summed E-state index contributed by atoms with van der Waals surface area (Å²) < 4.78 is 0. The quantitative estimate of drug-likeness (QED) is 0.722. The normalized spacial score (nSPS) is 10.6. The molecule has 0 unspecified atom stereocenters. The van der Waals surface area contributed by atoms with Crippen LogP contribution in [0, 0.1) is 0 Å². The Hall–Kier alpha value is -2.21. The van der Waals surface area contributed by atoms with Crippen LogP contribution in [0.25, 0.3) is 0 Å². The zero-order chi connectivity index (χ0) is 14.9. The molecular weight excluding hydrogens is 264 g/mol. The largest absolute Gasteiger partial charge is 0.366 e. The number of pyridine rings is 1. The zero-order valence-electron chi connectivity index (χ0n) is 12.6. The van der Waals surface area contributed by atoms with Crippen molar-refractivity contribution >= 4 is 11.8 Å². The van der Waals surface area contributed by atoms with Crippen molar-refractivity contribution in [3.05, 3.63) is 42.4 Å². The second-order valence-electron chi connectivity index (χ2n) is 5.06. The summed E-state index contributed by atoms with van der Waals surface area (Å²) in [5, 5.41) is 6.52. The fourth-order valence-electron chi connectivity index (χ4n) is 1.83. The lowest BCUT2D eigenvalue weighted by Crippen LogP contribution is -2.17. The molecule has 2 rings (SSSR count). The highest BCUT2D eigenvalue weighted by Crippen LogP contribution is 2.07. The summed E-state index contributed by atoms with van der Waals surface area (Å²) >= 11 is 0. The summed E-state index contributed by atoms with van der Waals surface area (Å²) in [4.78, 5) is 14.8. The van der Waals surface area contributed by atoms with Crippen LogP contribution in [0.1, 0.15) is 12.0 Å². The highest BCUT2D eigenvalue weighted by atomic mass is 15.1. The van der Waals surface area contributed by atoms with Crippen LogP contribution in [-0.2, 0) is 6.54 Å². The molecule has 6 nitrogen and oxygen atoms in total. The van der Waals surface area contributed by atoms with Crippen LogP contribution in [0.15, 0.2) is 36.8 Å². The van der Waals surface area contributed by atoms with Gasteiger partial charge < -0.3 is 15.5 Å². The second kappa shape index (κ2) is 8.16. The molecule has 112 valence electrons. The summed E-state index contributed by atoms with van der Waals surface area (Å²) in [6, 6.07) is 5.83. The third-order valence-electron chi connectivity index (χ3n) is 2.94. The minimum absolute atomic E-state index is 0.661. The monoisotopic (exact) mass is 286 g/mol. The standard InChI is InChI=1S/C15H22N6/c1-21(2)11-3-7-17-15-18-10-6-14(20-15)19-12-13-4-8-16-9-5-13/h4-6,8-10H,3,7,11-12H2,1-2H3,(H2,17,18,19,20). The number of hydrogen-bond donors (Lipinski definition) is 2. The Morgan fingerprint density at radius 1 is 1.05 bits per heavy atom. The summed E-state index contributed by atoms with van der Waals surface area (Å²) in [6.45, 7) is 2.64. The summed E-state index contributed by atoms with van der Waals surface area (Å²) in [6.07, 6.45) is 6.39. The average molecular weight is 286 g/mol. The molecule has 0 bridgehead atoms. The number of rotatable bonds is 8. The van der Waals surface area contributed by atoms with E-state index >= 15 is 0 Å². The summed E-state index contributed by atoms with van der Waals surface area (Å²) in [7, 11) is 4.14. The van der Waals surface area contributed by atoms with Crippen molar-refractivity contribution in [1.29, 1.82) is 0 Å². The van der Waals surface area contributed by atoms with Crippen LogP contribution < -0.4 is 10.6 Å². The van der Waals surface area contributed by atoms with Crippen LogP contribution >= 0.6 is 0 Å². The van der Waals surface area contributed by atoms with Gasteiger partial charge in [-0.15, -0.1) is 0 Å². The van der Waals surface area contributed by atoms with E-state index in [-0.39, 0.29) is 0 Å². The number of anilines is 2. The number of aromatic nitrogens is 3. The van der Waals surface area contributed by atoms with Crippen molar-refractivity contribution in [2.75, 3.05) is 37.8 Å². The van der Waals surface area contributed by atoms with Crippen molar-refractivity contribution in [3.8, 4) is 0 Å². The predicted octanol–water partition coefficient (Wildman–Crippen LogP) is 1.85. The third kappa shape index (κ3) is 5.74. The van der Waals surface area contributed by atoms with Gasteiger partial charge in [0.05, 0.1) is 0 Å². The van der Waals surface area contributed by atoms with Crippen molar-refractivity contribution < 1.29 is 0 Å². The van der Waals surface area contributed by atoms with Gasteiger partial charge in [-0.1, -0.05) is 0 Å². The maximum atomic E-state index is 4.44. The molecule has 0 atom stereocenters. The van der Waals surface area contributed by atoms with Crippen LogP contribution in [0.2, 0.25) is 0 Å². The Bertz CT molecular complexity index is 529. The van der Waals surface area contributed by atoms with Gasteiger partial charge in [-0.05, 0) is 50.8 Å². The lowest BCUT2D eigenvalue weighted by Gasteiger charge is -2.10. The number of nitrogens with one attached hydrogen (secondary N) is 2. The fourth-order valence-corrected chi connectivity index (χ4v) is 1.83. The van der Waals surface area contributed by atoms with E-state index in [2.05, 4.69) is 44.6 Å². The Morgan fingerprint density at radius 2 is 1.86 bits per heavy atom. The molecule has 2 heterocycles. The van der Waals surface area contributed by atoms with Gasteiger partial charge in [0.25, 0.3) is 0 Å². The second-order valence-corrected chi connectivity index (χ2v) is 5.06. The summed E-state index contributed by atoms with van der Waals surface area (Å²) in [5.74, 6) is 1.48. The minimum atomic E-state index is 0.661. The van der Waals surface area contributed by atoms with E-state index in [1.807, 2.05) is 18.2 Å². The van der Waals surface area contributed by atoms with Crippen molar-refractivity contribution in [3.63, 3.8) is 0 Å². The maximum absolute atomic E-state index is 4.44. The molecule has 0 fully saturated rings. The van der Waals surface area contributed by atoms with Gasteiger partial charge in [0, 0.05) is 31.7 Å². The molecule has 0 spiro atoms. The molecule has 0 aliphatic rings. The summed E-state index contributed by atoms with van der Waals surface area (Å²) in [5.41, 5.74) is 1.17. The molecule has 0 saturated carbocycles. The molecule has 0 aliphatic carbocycles. The molecule has 0 saturated heterocycles. The van der Waals surface area contributed by atoms with Gasteiger partial charge in [-0.25, -0.2) is 4.98 Å². The predicted molar refractivity (Wildman–Crippen MR) is 85.3 cm³/mol. The van der Waals surface area contributed by atoms with Crippen molar-refractivity contribution in [1.82, 2.24) is 19.9 Å². The first kappa shape index (κ1) is 15.2. The lowest BCUT2D eigenvalue weighted by atomic mass is 10.3. The maximum Gasteiger partial charge on any atom is 0.224 e. The van der Waals surface area contributed by atoms with Gasteiger partial charge in [-0.3, -0.25) is 4.98 Å². The third-order valence-corrected chi connectivity index (χ3v) is 2.94. The highest BCUT2D eigenvalue weighted by Gasteiger charge is 1.99. The first-order valence-corrected chi connectivity index (χ1v) is 7.08. The van der Waals surface area contributed by atoms with Gasteiger partial charge in [0.1, 0.15) is 5.82 Å². The van der Waals surface area contributed by atoms with Gasteiger partial charge in [0.2, 0.25) is 5.95 Å². The molecule has 0 radical (unpaired) electrons. The Labute approximate surface area is 125 Å². The molecule has 0 aromatic carbocycles. The van der Waals surface area contributed by atoms with E-state index in [0.717, 1.165) is 31.9 Å². The van der Waals surface area contributed by atoms with Crippen molar-refractivity contribution in [2.45, 2.75) is 13.0 Å². The van der Waals surface area contributed by atoms with Crippen LogP contribution in [0.5, 0.6) is 0 Å². The van der Waals surface area contributed by atoms with Crippen LogP contribution in [0.3, 0.4) is 0 Å². The molecule has 21 heavy (non-hydrogen) atoms. The molecule has 0 aliphatic heterocycles. The van der Waals surface area contributed by atoms with Crippen LogP contribution in [-0.4, -0.2) is 47.0 Å². The first-order chi connectivity index (χ1) is 10.2. The van der Waals surface area contributed by atoms with E-state index in [9.17, 15) is 0 Å². The SMILES string of the molecule is CN(C)CCCNc1nccc(NCc2ccncc2)n1. The molecule has 0 amide bonds. The molecule has 2 N–H and O–H groups in total. The minimum Gasteiger partial charge on any atom is -0.366 e. The van der Waals surface area contributed by atoms with Gasteiger partial charge in [0.15, 0.2) is 0 Å².